The maximum atomic E-state index is 12.5. The van der Waals surface area contributed by atoms with Crippen LogP contribution in [-0.4, -0.2) is 17.4 Å². The molecule has 5 heteroatoms. The van der Waals surface area contributed by atoms with Gasteiger partial charge in [-0.3, -0.25) is 9.78 Å². The number of pyridine rings is 1. The Morgan fingerprint density at radius 3 is 2.71 bits per heavy atom. The van der Waals surface area contributed by atoms with Crippen LogP contribution in [0, 0.1) is 13.8 Å². The van der Waals surface area contributed by atoms with Crippen molar-refractivity contribution in [1.29, 1.82) is 0 Å². The number of halogens is 1. The maximum Gasteiger partial charge on any atom is 0.259 e. The lowest BCUT2D eigenvalue weighted by atomic mass is 10.1. The zero-order chi connectivity index (χ0) is 15.4. The first-order valence-corrected chi connectivity index (χ1v) is 7.17. The molecular formula is C16H18ClN3O. The average Bonchev–Trinajstić information content (AvgIpc) is 2.43. The van der Waals surface area contributed by atoms with Crippen LogP contribution in [0.4, 0.5) is 11.4 Å². The van der Waals surface area contributed by atoms with Crippen LogP contribution >= 0.6 is 11.6 Å². The molecule has 0 spiro atoms. The number of carbonyl (C=O) groups is 1. The Labute approximate surface area is 129 Å². The molecule has 0 atom stereocenters. The van der Waals surface area contributed by atoms with Gasteiger partial charge in [0, 0.05) is 29.1 Å². The molecule has 1 aromatic carbocycles. The van der Waals surface area contributed by atoms with Gasteiger partial charge in [0.15, 0.2) is 0 Å². The van der Waals surface area contributed by atoms with Gasteiger partial charge >= 0.3 is 0 Å². The number of hydrogen-bond acceptors (Lipinski definition) is 3. The highest BCUT2D eigenvalue weighted by atomic mass is 35.5. The van der Waals surface area contributed by atoms with Crippen LogP contribution in [-0.2, 0) is 0 Å². The number of aromatic nitrogens is 1. The Hall–Kier alpha value is -2.07. The van der Waals surface area contributed by atoms with E-state index in [1.165, 1.54) is 0 Å². The van der Waals surface area contributed by atoms with Gasteiger partial charge < -0.3 is 10.6 Å². The molecule has 2 aromatic rings. The zero-order valence-corrected chi connectivity index (χ0v) is 13.1. The van der Waals surface area contributed by atoms with E-state index in [-0.39, 0.29) is 5.91 Å². The van der Waals surface area contributed by atoms with Crippen LogP contribution in [0.15, 0.2) is 30.5 Å². The van der Waals surface area contributed by atoms with Crippen molar-refractivity contribution in [2.75, 3.05) is 17.2 Å². The Bertz CT molecular complexity index is 671. The summed E-state index contributed by atoms with van der Waals surface area (Å²) in [6.45, 7) is 6.53. The van der Waals surface area contributed by atoms with Crippen molar-refractivity contribution in [2.45, 2.75) is 20.8 Å². The quantitative estimate of drug-likeness (QED) is 0.896. The van der Waals surface area contributed by atoms with E-state index >= 15 is 0 Å². The summed E-state index contributed by atoms with van der Waals surface area (Å²) in [4.78, 5) is 16.6. The van der Waals surface area contributed by atoms with Gasteiger partial charge in [0.05, 0.1) is 11.3 Å². The molecule has 1 heterocycles. The molecule has 21 heavy (non-hydrogen) atoms. The summed E-state index contributed by atoms with van der Waals surface area (Å²) < 4.78 is 0. The highest BCUT2D eigenvalue weighted by molar-refractivity contribution is 6.31. The molecule has 0 fully saturated rings. The Morgan fingerprint density at radius 2 is 2.00 bits per heavy atom. The van der Waals surface area contributed by atoms with E-state index in [0.717, 1.165) is 23.5 Å². The number of aryl methyl sites for hydroxylation is 2. The normalized spacial score (nSPS) is 10.3. The monoisotopic (exact) mass is 303 g/mol. The Balaban J connectivity index is 2.30. The van der Waals surface area contributed by atoms with Crippen molar-refractivity contribution in [3.63, 3.8) is 0 Å². The molecule has 0 aliphatic rings. The number of amides is 1. The second-order valence-corrected chi connectivity index (χ2v) is 5.25. The minimum Gasteiger partial charge on any atom is -0.385 e. The van der Waals surface area contributed by atoms with Crippen LogP contribution in [0.3, 0.4) is 0 Å². The van der Waals surface area contributed by atoms with Gasteiger partial charge in [-0.1, -0.05) is 17.7 Å². The molecule has 0 radical (unpaired) electrons. The summed E-state index contributed by atoms with van der Waals surface area (Å²) >= 11 is 5.97. The van der Waals surface area contributed by atoms with E-state index in [1.807, 2.05) is 32.9 Å². The lowest BCUT2D eigenvalue weighted by Crippen LogP contribution is -2.16. The molecule has 0 saturated heterocycles. The maximum absolute atomic E-state index is 12.5. The first-order valence-electron chi connectivity index (χ1n) is 6.79. The minimum atomic E-state index is -0.205. The van der Waals surface area contributed by atoms with Gasteiger partial charge in [-0.15, -0.1) is 0 Å². The zero-order valence-electron chi connectivity index (χ0n) is 12.3. The lowest BCUT2D eigenvalue weighted by molar-refractivity contribution is 0.102. The summed E-state index contributed by atoms with van der Waals surface area (Å²) in [5.74, 6) is -0.205. The third-order valence-corrected chi connectivity index (χ3v) is 3.34. The number of carbonyl (C=O) groups excluding carboxylic acids is 1. The molecular weight excluding hydrogens is 286 g/mol. The molecule has 0 bridgehead atoms. The van der Waals surface area contributed by atoms with E-state index in [4.69, 9.17) is 11.6 Å². The van der Waals surface area contributed by atoms with Crippen LogP contribution < -0.4 is 10.6 Å². The topological polar surface area (TPSA) is 54.0 Å². The largest absolute Gasteiger partial charge is 0.385 e. The van der Waals surface area contributed by atoms with Gasteiger partial charge in [0.1, 0.15) is 0 Å². The smallest absolute Gasteiger partial charge is 0.259 e. The Kier molecular flexibility index (Phi) is 4.81. The number of rotatable bonds is 4. The average molecular weight is 304 g/mol. The molecule has 2 N–H and O–H groups in total. The molecule has 0 aliphatic heterocycles. The first-order chi connectivity index (χ1) is 10.0. The van der Waals surface area contributed by atoms with E-state index < -0.39 is 0 Å². The van der Waals surface area contributed by atoms with Crippen molar-refractivity contribution in [3.8, 4) is 0 Å². The van der Waals surface area contributed by atoms with Crippen LogP contribution in [0.2, 0.25) is 5.02 Å². The van der Waals surface area contributed by atoms with Gasteiger partial charge in [-0.05, 0) is 44.5 Å². The van der Waals surface area contributed by atoms with Gasteiger partial charge in [0.2, 0.25) is 0 Å². The van der Waals surface area contributed by atoms with E-state index in [0.29, 0.717) is 16.3 Å². The summed E-state index contributed by atoms with van der Waals surface area (Å²) in [5, 5.41) is 6.65. The van der Waals surface area contributed by atoms with Crippen molar-refractivity contribution in [3.05, 3.63) is 52.3 Å². The summed E-state index contributed by atoms with van der Waals surface area (Å²) in [6, 6.07) is 7.27. The second-order valence-electron chi connectivity index (χ2n) is 4.81. The van der Waals surface area contributed by atoms with Crippen LogP contribution in [0.25, 0.3) is 0 Å². The predicted molar refractivity (Wildman–Crippen MR) is 87.3 cm³/mol. The van der Waals surface area contributed by atoms with E-state index in [9.17, 15) is 4.79 Å². The summed E-state index contributed by atoms with van der Waals surface area (Å²) in [6.07, 6.45) is 1.59. The summed E-state index contributed by atoms with van der Waals surface area (Å²) in [5.41, 5.74) is 3.82. The number of nitrogens with one attached hydrogen (secondary N) is 2. The molecule has 2 rings (SSSR count). The second kappa shape index (κ2) is 6.59. The number of nitrogens with zero attached hydrogens (tertiary/aromatic N) is 1. The van der Waals surface area contributed by atoms with Crippen molar-refractivity contribution in [2.24, 2.45) is 0 Å². The summed E-state index contributed by atoms with van der Waals surface area (Å²) in [7, 11) is 0. The molecule has 1 aromatic heterocycles. The molecule has 4 nitrogen and oxygen atoms in total. The standard InChI is InChI=1S/C16H18ClN3O/c1-4-18-15-7-11(3)19-9-13(15)16(21)20-14-8-12(17)6-5-10(14)2/h5-9H,4H2,1-3H3,(H,18,19)(H,20,21). The van der Waals surface area contributed by atoms with Crippen molar-refractivity contribution < 1.29 is 4.79 Å². The molecule has 0 aliphatic carbocycles. The highest BCUT2D eigenvalue weighted by Crippen LogP contribution is 2.22. The molecule has 0 saturated carbocycles. The fraction of sp³-hybridized carbons (Fsp3) is 0.250. The molecule has 1 amide bonds. The van der Waals surface area contributed by atoms with E-state index in [2.05, 4.69) is 15.6 Å². The first kappa shape index (κ1) is 15.3. The minimum absolute atomic E-state index is 0.205. The van der Waals surface area contributed by atoms with E-state index in [1.54, 1.807) is 18.3 Å². The van der Waals surface area contributed by atoms with Crippen LogP contribution in [0.5, 0.6) is 0 Å². The predicted octanol–water partition coefficient (Wildman–Crippen LogP) is 4.04. The number of hydrogen-bond donors (Lipinski definition) is 2. The van der Waals surface area contributed by atoms with Crippen molar-refractivity contribution in [1.82, 2.24) is 4.98 Å². The molecule has 110 valence electrons. The van der Waals surface area contributed by atoms with Crippen LogP contribution in [0.1, 0.15) is 28.5 Å². The highest BCUT2D eigenvalue weighted by Gasteiger charge is 2.13. The van der Waals surface area contributed by atoms with Gasteiger partial charge in [-0.25, -0.2) is 0 Å². The van der Waals surface area contributed by atoms with Crippen molar-refractivity contribution >= 4 is 28.9 Å². The van der Waals surface area contributed by atoms with Gasteiger partial charge in [-0.2, -0.15) is 0 Å². The molecule has 0 unspecified atom stereocenters. The number of anilines is 2. The third kappa shape index (κ3) is 3.73. The fourth-order valence-electron chi connectivity index (χ4n) is 2.00. The Morgan fingerprint density at radius 1 is 1.24 bits per heavy atom. The fourth-order valence-corrected chi connectivity index (χ4v) is 2.17. The SMILES string of the molecule is CCNc1cc(C)ncc1C(=O)Nc1cc(Cl)ccc1C. The third-order valence-electron chi connectivity index (χ3n) is 3.10. The van der Waals surface area contributed by atoms with Gasteiger partial charge in [0.25, 0.3) is 5.91 Å². The number of benzene rings is 1. The lowest BCUT2D eigenvalue weighted by Gasteiger charge is -2.13.